The van der Waals surface area contributed by atoms with Crippen LogP contribution in [0, 0.1) is 6.92 Å². The van der Waals surface area contributed by atoms with Gasteiger partial charge in [0.2, 0.25) is 10.0 Å². The van der Waals surface area contributed by atoms with E-state index in [1.54, 1.807) is 18.4 Å². The van der Waals surface area contributed by atoms with Crippen LogP contribution in [-0.4, -0.2) is 32.4 Å². The van der Waals surface area contributed by atoms with Gasteiger partial charge in [-0.15, -0.1) is 11.3 Å². The van der Waals surface area contributed by atoms with Crippen molar-refractivity contribution < 1.29 is 8.42 Å². The van der Waals surface area contributed by atoms with E-state index in [2.05, 4.69) is 12.2 Å². The lowest BCUT2D eigenvalue weighted by molar-refractivity contribution is 0.458. The van der Waals surface area contributed by atoms with Gasteiger partial charge >= 0.3 is 0 Å². The highest BCUT2D eigenvalue weighted by molar-refractivity contribution is 7.89. The Kier molecular flexibility index (Phi) is 5.23. The zero-order valence-corrected chi connectivity index (χ0v) is 14.1. The van der Waals surface area contributed by atoms with Gasteiger partial charge in [0.05, 0.1) is 0 Å². The number of rotatable bonds is 8. The van der Waals surface area contributed by atoms with Gasteiger partial charge < -0.3 is 5.32 Å². The van der Waals surface area contributed by atoms with Gasteiger partial charge in [0.1, 0.15) is 4.90 Å². The third-order valence-electron chi connectivity index (χ3n) is 3.61. The van der Waals surface area contributed by atoms with Crippen LogP contribution in [0.15, 0.2) is 10.3 Å². The molecule has 20 heavy (non-hydrogen) atoms. The first-order valence-electron chi connectivity index (χ1n) is 7.23. The maximum atomic E-state index is 12.7. The number of sulfonamides is 1. The summed E-state index contributed by atoms with van der Waals surface area (Å²) >= 11 is 1.55. The number of nitrogens with zero attached hydrogens (tertiary/aromatic N) is 1. The number of unbranched alkanes of at least 4 members (excludes halogenated alkanes) is 1. The summed E-state index contributed by atoms with van der Waals surface area (Å²) in [5, 5.41) is 5.36. The molecule has 114 valence electrons. The quantitative estimate of drug-likeness (QED) is 0.802. The van der Waals surface area contributed by atoms with Gasteiger partial charge in [0.15, 0.2) is 0 Å². The molecule has 0 radical (unpaired) electrons. The predicted octanol–water partition coefficient (Wildman–Crippen LogP) is 2.73. The van der Waals surface area contributed by atoms with Crippen molar-refractivity contribution in [3.8, 4) is 0 Å². The zero-order valence-electron chi connectivity index (χ0n) is 12.5. The van der Waals surface area contributed by atoms with Gasteiger partial charge in [0.25, 0.3) is 0 Å². The first-order chi connectivity index (χ1) is 9.46. The number of thiophene rings is 1. The largest absolute Gasteiger partial charge is 0.309 e. The Morgan fingerprint density at radius 2 is 2.15 bits per heavy atom. The second-order valence-electron chi connectivity index (χ2n) is 5.51. The maximum Gasteiger partial charge on any atom is 0.244 e. The van der Waals surface area contributed by atoms with Crippen LogP contribution >= 0.6 is 11.3 Å². The first-order valence-corrected chi connectivity index (χ1v) is 9.55. The Balaban J connectivity index is 2.18. The highest BCUT2D eigenvalue weighted by Crippen LogP contribution is 2.30. The molecule has 1 N–H and O–H groups in total. The molecule has 1 aromatic rings. The second kappa shape index (κ2) is 6.56. The molecule has 0 atom stereocenters. The van der Waals surface area contributed by atoms with E-state index in [1.807, 2.05) is 12.3 Å². The standard InChI is InChI=1S/C14H24N2O2S2/c1-4-5-8-16(3)20(17,18)14-11(2)10-19-13(14)9-15-12-6-7-12/h10,12,15H,4-9H2,1-3H3. The van der Waals surface area contributed by atoms with E-state index in [9.17, 15) is 8.42 Å². The van der Waals surface area contributed by atoms with Gasteiger partial charge in [-0.3, -0.25) is 0 Å². The molecule has 0 saturated heterocycles. The monoisotopic (exact) mass is 316 g/mol. The summed E-state index contributed by atoms with van der Waals surface area (Å²) in [4.78, 5) is 1.46. The summed E-state index contributed by atoms with van der Waals surface area (Å²) in [5.41, 5.74) is 0.867. The minimum Gasteiger partial charge on any atom is -0.309 e. The Morgan fingerprint density at radius 3 is 2.75 bits per heavy atom. The minimum absolute atomic E-state index is 0.522. The maximum absolute atomic E-state index is 12.7. The second-order valence-corrected chi connectivity index (χ2v) is 8.45. The van der Waals surface area contributed by atoms with Crippen molar-refractivity contribution in [3.63, 3.8) is 0 Å². The fourth-order valence-corrected chi connectivity index (χ4v) is 5.05. The lowest BCUT2D eigenvalue weighted by atomic mass is 10.3. The van der Waals surface area contributed by atoms with Crippen LogP contribution < -0.4 is 5.32 Å². The molecule has 0 unspecified atom stereocenters. The summed E-state index contributed by atoms with van der Waals surface area (Å²) < 4.78 is 26.9. The first kappa shape index (κ1) is 15.9. The topological polar surface area (TPSA) is 49.4 Å². The van der Waals surface area contributed by atoms with Gasteiger partial charge in [-0.1, -0.05) is 13.3 Å². The fourth-order valence-electron chi connectivity index (χ4n) is 2.14. The lowest BCUT2D eigenvalue weighted by Crippen LogP contribution is -2.29. The molecule has 1 fully saturated rings. The molecule has 4 nitrogen and oxygen atoms in total. The van der Waals surface area contributed by atoms with Gasteiger partial charge in [-0.2, -0.15) is 0 Å². The van der Waals surface area contributed by atoms with Crippen molar-refractivity contribution in [2.24, 2.45) is 0 Å². The molecule has 0 spiro atoms. The summed E-state index contributed by atoms with van der Waals surface area (Å²) in [7, 11) is -1.67. The van der Waals surface area contributed by atoms with Crippen molar-refractivity contribution in [1.29, 1.82) is 0 Å². The molecule has 6 heteroatoms. The van der Waals surface area contributed by atoms with E-state index in [0.29, 0.717) is 24.0 Å². The summed E-state index contributed by atoms with van der Waals surface area (Å²) in [6.45, 7) is 5.21. The Labute approximate surface area is 126 Å². The average molecular weight is 316 g/mol. The third kappa shape index (κ3) is 3.61. The SMILES string of the molecule is CCCCN(C)S(=O)(=O)c1c(C)csc1CNC1CC1. The lowest BCUT2D eigenvalue weighted by Gasteiger charge is -2.18. The molecule has 0 aromatic carbocycles. The Hall–Kier alpha value is -0.430. The van der Waals surface area contributed by atoms with Gasteiger partial charge in [-0.25, -0.2) is 12.7 Å². The molecule has 0 bridgehead atoms. The molecular weight excluding hydrogens is 292 g/mol. The average Bonchev–Trinajstić information content (AvgIpc) is 3.16. The summed E-state index contributed by atoms with van der Waals surface area (Å²) in [6, 6.07) is 0.589. The van der Waals surface area contributed by atoms with Gasteiger partial charge in [-0.05, 0) is 37.1 Å². The van der Waals surface area contributed by atoms with Crippen LogP contribution in [0.2, 0.25) is 0 Å². The summed E-state index contributed by atoms with van der Waals surface area (Å²) in [6.07, 6.45) is 4.32. The molecule has 1 saturated carbocycles. The van der Waals surface area contributed by atoms with Crippen LogP contribution in [-0.2, 0) is 16.6 Å². The van der Waals surface area contributed by atoms with Crippen molar-refractivity contribution in [1.82, 2.24) is 9.62 Å². The number of hydrogen-bond acceptors (Lipinski definition) is 4. The van der Waals surface area contributed by atoms with Crippen LogP contribution in [0.4, 0.5) is 0 Å². The number of hydrogen-bond donors (Lipinski definition) is 1. The Bertz CT molecular complexity index is 548. The van der Waals surface area contributed by atoms with Crippen molar-refractivity contribution in [2.75, 3.05) is 13.6 Å². The molecule has 0 aliphatic heterocycles. The van der Waals surface area contributed by atoms with Crippen LogP contribution in [0.1, 0.15) is 43.0 Å². The normalized spacial score (nSPS) is 16.0. The van der Waals surface area contributed by atoms with Crippen LogP contribution in [0.25, 0.3) is 0 Å². The molecule has 1 aliphatic carbocycles. The molecular formula is C14H24N2O2S2. The van der Waals surface area contributed by atoms with Crippen LogP contribution in [0.5, 0.6) is 0 Å². The minimum atomic E-state index is -3.35. The molecule has 1 heterocycles. The van der Waals surface area contributed by atoms with E-state index < -0.39 is 10.0 Å². The number of nitrogens with one attached hydrogen (secondary N) is 1. The van der Waals surface area contributed by atoms with Gasteiger partial charge in [0, 0.05) is 31.1 Å². The van der Waals surface area contributed by atoms with Crippen molar-refractivity contribution in [3.05, 3.63) is 15.8 Å². The van der Waals surface area contributed by atoms with E-state index in [1.165, 1.54) is 17.1 Å². The molecule has 0 amide bonds. The van der Waals surface area contributed by atoms with Crippen LogP contribution in [0.3, 0.4) is 0 Å². The molecule has 2 rings (SSSR count). The third-order valence-corrected chi connectivity index (χ3v) is 6.93. The zero-order chi connectivity index (χ0) is 14.8. The number of aryl methyl sites for hydroxylation is 1. The molecule has 1 aliphatic rings. The smallest absolute Gasteiger partial charge is 0.244 e. The van der Waals surface area contributed by atoms with E-state index in [-0.39, 0.29) is 0 Å². The van der Waals surface area contributed by atoms with E-state index in [0.717, 1.165) is 23.3 Å². The van der Waals surface area contributed by atoms with E-state index in [4.69, 9.17) is 0 Å². The van der Waals surface area contributed by atoms with Crippen molar-refractivity contribution in [2.45, 2.75) is 57.0 Å². The Morgan fingerprint density at radius 1 is 1.45 bits per heavy atom. The fraction of sp³-hybridized carbons (Fsp3) is 0.714. The highest BCUT2D eigenvalue weighted by atomic mass is 32.2. The van der Waals surface area contributed by atoms with E-state index >= 15 is 0 Å². The highest BCUT2D eigenvalue weighted by Gasteiger charge is 2.28. The summed E-state index contributed by atoms with van der Waals surface area (Å²) in [5.74, 6) is 0. The predicted molar refractivity (Wildman–Crippen MR) is 83.6 cm³/mol. The molecule has 1 aromatic heterocycles. The van der Waals surface area contributed by atoms with Crippen molar-refractivity contribution >= 4 is 21.4 Å².